The molecule has 0 amide bonds. The van der Waals surface area contributed by atoms with Gasteiger partial charge in [-0.1, -0.05) is 161 Å². The van der Waals surface area contributed by atoms with Crippen LogP contribution in [-0.4, -0.2) is 9.97 Å². The second kappa shape index (κ2) is 11.5. The number of nitrogens with zero attached hydrogens (tertiary/aromatic N) is 2. The molecule has 3 heteroatoms. The van der Waals surface area contributed by atoms with Crippen LogP contribution >= 0.6 is 0 Å². The zero-order valence-electron chi connectivity index (χ0n) is 31.3. The minimum atomic E-state index is -0.0976. The summed E-state index contributed by atoms with van der Waals surface area (Å²) in [6.45, 7) is 9.50. The summed E-state index contributed by atoms with van der Waals surface area (Å²) in [6.07, 6.45) is 0. The van der Waals surface area contributed by atoms with E-state index in [4.69, 9.17) is 14.4 Å². The third-order valence-corrected chi connectivity index (χ3v) is 12.4. The summed E-state index contributed by atoms with van der Waals surface area (Å²) in [5.41, 5.74) is 20.1. The van der Waals surface area contributed by atoms with Crippen LogP contribution in [0.1, 0.15) is 49.9 Å². The molecule has 0 aliphatic heterocycles. The normalized spacial score (nSPS) is 14.5. The summed E-state index contributed by atoms with van der Waals surface area (Å²) in [4.78, 5) is 10.0. The lowest BCUT2D eigenvalue weighted by molar-refractivity contribution is 0.652. The van der Waals surface area contributed by atoms with E-state index in [0.717, 1.165) is 38.7 Å². The van der Waals surface area contributed by atoms with Gasteiger partial charge in [-0.05, 0) is 91.0 Å². The van der Waals surface area contributed by atoms with Crippen LogP contribution in [-0.2, 0) is 10.8 Å². The van der Waals surface area contributed by atoms with Crippen LogP contribution in [0.25, 0.3) is 89.2 Å². The highest BCUT2D eigenvalue weighted by atomic mass is 16.3. The molecule has 2 aliphatic rings. The molecule has 3 nitrogen and oxygen atoms in total. The molecule has 7 aromatic carbocycles. The van der Waals surface area contributed by atoms with Crippen molar-refractivity contribution >= 4 is 22.1 Å². The lowest BCUT2D eigenvalue weighted by Crippen LogP contribution is -2.17. The van der Waals surface area contributed by atoms with Gasteiger partial charge in [0, 0.05) is 27.3 Å². The average molecular weight is 707 g/mol. The maximum absolute atomic E-state index is 6.25. The SMILES string of the molecule is CC1(C)c2ccccc2-c2cc3c(cc21)-c1ccc(-c2ccc(-c4ccc(-c5nc(-c6ccccc6)c6c(n5)oc5ccccc56)cc4)cc2)cc1C3(C)C. The maximum atomic E-state index is 6.25. The third-order valence-electron chi connectivity index (χ3n) is 12.4. The number of aromatic nitrogens is 2. The second-order valence-corrected chi connectivity index (χ2v) is 16.2. The van der Waals surface area contributed by atoms with Crippen molar-refractivity contribution in [2.75, 3.05) is 0 Å². The third kappa shape index (κ3) is 4.69. The minimum Gasteiger partial charge on any atom is -0.438 e. The Hall–Kier alpha value is -6.58. The van der Waals surface area contributed by atoms with E-state index in [1.54, 1.807) is 0 Å². The molecule has 0 fully saturated rings. The van der Waals surface area contributed by atoms with E-state index < -0.39 is 0 Å². The molecule has 2 aromatic heterocycles. The summed E-state index contributed by atoms with van der Waals surface area (Å²) in [6, 6.07) is 56.8. The molecule has 2 aliphatic carbocycles. The van der Waals surface area contributed by atoms with E-state index in [2.05, 4.69) is 149 Å². The fourth-order valence-corrected chi connectivity index (χ4v) is 9.33. The zero-order chi connectivity index (χ0) is 37.1. The van der Waals surface area contributed by atoms with Crippen molar-refractivity contribution in [2.45, 2.75) is 38.5 Å². The molecule has 0 atom stereocenters. The lowest BCUT2D eigenvalue weighted by atomic mass is 9.79. The predicted octanol–water partition coefficient (Wildman–Crippen LogP) is 13.7. The first-order chi connectivity index (χ1) is 26.8. The molecule has 0 unspecified atom stereocenters. The van der Waals surface area contributed by atoms with Crippen LogP contribution in [0.3, 0.4) is 0 Å². The quantitative estimate of drug-likeness (QED) is 0.183. The number of hydrogen-bond acceptors (Lipinski definition) is 3. The Labute approximate surface area is 321 Å². The van der Waals surface area contributed by atoms with Gasteiger partial charge < -0.3 is 4.42 Å². The standard InChI is InChI=1S/C52H38N2O/c1-51(2)42-16-10-8-14-37(42)40-29-45-41(30-44(40)51)38-27-26-36(28-43(38)52(45,3)4)33-20-18-31(19-21-33)32-22-24-35(25-23-32)49-53-48(34-12-6-5-7-13-34)47-39-15-9-11-17-46(39)55-50(47)54-49/h5-30H,1-4H3. The summed E-state index contributed by atoms with van der Waals surface area (Å²) in [5.74, 6) is 0.645. The van der Waals surface area contributed by atoms with Crippen molar-refractivity contribution in [3.63, 3.8) is 0 Å². The lowest BCUT2D eigenvalue weighted by Gasteiger charge is -2.24. The van der Waals surface area contributed by atoms with Crippen LogP contribution in [0, 0.1) is 0 Å². The van der Waals surface area contributed by atoms with Crippen LogP contribution in [0.5, 0.6) is 0 Å². The van der Waals surface area contributed by atoms with Gasteiger partial charge in [0.1, 0.15) is 5.58 Å². The molecular weight excluding hydrogens is 669 g/mol. The van der Waals surface area contributed by atoms with Crippen molar-refractivity contribution in [1.29, 1.82) is 0 Å². The van der Waals surface area contributed by atoms with Gasteiger partial charge in [0.25, 0.3) is 0 Å². The first-order valence-corrected chi connectivity index (χ1v) is 19.2. The second-order valence-electron chi connectivity index (χ2n) is 16.2. The first-order valence-electron chi connectivity index (χ1n) is 19.2. The molecule has 0 saturated heterocycles. The molecule has 262 valence electrons. The molecule has 0 radical (unpaired) electrons. The Morgan fingerprint density at radius 3 is 1.64 bits per heavy atom. The highest BCUT2D eigenvalue weighted by Crippen LogP contribution is 2.56. The Bertz CT molecular complexity index is 3000. The monoisotopic (exact) mass is 706 g/mol. The van der Waals surface area contributed by atoms with Crippen molar-refractivity contribution in [2.24, 2.45) is 0 Å². The molecule has 9 aromatic rings. The molecule has 55 heavy (non-hydrogen) atoms. The summed E-state index contributed by atoms with van der Waals surface area (Å²) in [7, 11) is 0. The van der Waals surface area contributed by atoms with Gasteiger partial charge in [-0.25, -0.2) is 4.98 Å². The number of fused-ring (bicyclic) bond motifs is 9. The molecule has 0 spiro atoms. The van der Waals surface area contributed by atoms with E-state index in [1.165, 1.54) is 61.2 Å². The van der Waals surface area contributed by atoms with Gasteiger partial charge in [-0.15, -0.1) is 0 Å². The number of hydrogen-bond donors (Lipinski definition) is 0. The zero-order valence-corrected chi connectivity index (χ0v) is 31.3. The largest absolute Gasteiger partial charge is 0.438 e. The molecular formula is C52H38N2O. The smallest absolute Gasteiger partial charge is 0.231 e. The Morgan fingerprint density at radius 1 is 0.400 bits per heavy atom. The number of para-hydroxylation sites is 1. The maximum Gasteiger partial charge on any atom is 0.231 e. The van der Waals surface area contributed by atoms with Gasteiger partial charge in [0.15, 0.2) is 5.82 Å². The summed E-state index contributed by atoms with van der Waals surface area (Å²) in [5, 5.41) is 1.96. The molecule has 11 rings (SSSR count). The molecule has 2 heterocycles. The first kappa shape index (κ1) is 31.9. The van der Waals surface area contributed by atoms with E-state index >= 15 is 0 Å². The van der Waals surface area contributed by atoms with Crippen LogP contribution in [0.15, 0.2) is 162 Å². The Kier molecular flexibility index (Phi) is 6.65. The molecule has 0 saturated carbocycles. The van der Waals surface area contributed by atoms with E-state index in [0.29, 0.717) is 11.5 Å². The van der Waals surface area contributed by atoms with Gasteiger partial charge >= 0.3 is 0 Å². The minimum absolute atomic E-state index is 0.0146. The average Bonchev–Trinajstić information content (AvgIpc) is 3.79. The predicted molar refractivity (Wildman–Crippen MR) is 226 cm³/mol. The van der Waals surface area contributed by atoms with Crippen LogP contribution in [0.2, 0.25) is 0 Å². The number of furan rings is 1. The van der Waals surface area contributed by atoms with Crippen LogP contribution < -0.4 is 0 Å². The highest BCUT2D eigenvalue weighted by molar-refractivity contribution is 6.10. The summed E-state index contributed by atoms with van der Waals surface area (Å²) >= 11 is 0. The summed E-state index contributed by atoms with van der Waals surface area (Å²) < 4.78 is 6.25. The van der Waals surface area contributed by atoms with Gasteiger partial charge in [0.05, 0.1) is 11.1 Å². The van der Waals surface area contributed by atoms with E-state index in [1.807, 2.05) is 36.4 Å². The van der Waals surface area contributed by atoms with Crippen molar-refractivity contribution in [3.05, 3.63) is 180 Å². The Morgan fingerprint density at radius 2 is 0.927 bits per heavy atom. The van der Waals surface area contributed by atoms with Gasteiger partial charge in [-0.3, -0.25) is 0 Å². The van der Waals surface area contributed by atoms with Crippen molar-refractivity contribution in [3.8, 4) is 67.2 Å². The van der Waals surface area contributed by atoms with E-state index in [9.17, 15) is 0 Å². The van der Waals surface area contributed by atoms with Gasteiger partial charge in [0.2, 0.25) is 5.71 Å². The Balaban J connectivity index is 0.902. The number of rotatable bonds is 4. The van der Waals surface area contributed by atoms with Crippen molar-refractivity contribution < 1.29 is 4.42 Å². The van der Waals surface area contributed by atoms with E-state index in [-0.39, 0.29) is 10.8 Å². The fraction of sp³-hybridized carbons (Fsp3) is 0.115. The fourth-order valence-electron chi connectivity index (χ4n) is 9.33. The topological polar surface area (TPSA) is 38.9 Å². The van der Waals surface area contributed by atoms with Crippen molar-refractivity contribution in [1.82, 2.24) is 9.97 Å². The highest BCUT2D eigenvalue weighted by Gasteiger charge is 2.41. The van der Waals surface area contributed by atoms with Crippen LogP contribution in [0.4, 0.5) is 0 Å². The van der Waals surface area contributed by atoms with Gasteiger partial charge in [-0.2, -0.15) is 4.98 Å². The molecule has 0 bridgehead atoms. The molecule has 0 N–H and O–H groups in total. The number of benzene rings is 7.